The average Bonchev–Trinajstić information content (AvgIpc) is 3.12. The summed E-state index contributed by atoms with van der Waals surface area (Å²) in [5, 5.41) is 3.13. The fraction of sp³-hybridized carbons (Fsp3) is 0.333. The first-order chi connectivity index (χ1) is 13.0. The van der Waals surface area contributed by atoms with E-state index < -0.39 is 0 Å². The van der Waals surface area contributed by atoms with E-state index in [-0.39, 0.29) is 0 Å². The van der Waals surface area contributed by atoms with Crippen LogP contribution in [-0.2, 0) is 6.42 Å². The molecule has 2 aromatic heterocycles. The second-order valence-electron chi connectivity index (χ2n) is 6.73. The lowest BCUT2D eigenvalue weighted by Gasteiger charge is -2.11. The van der Waals surface area contributed by atoms with E-state index >= 15 is 0 Å². The minimum absolute atomic E-state index is 0.815. The van der Waals surface area contributed by atoms with Crippen molar-refractivity contribution >= 4 is 23.4 Å². The molecule has 140 valence electrons. The van der Waals surface area contributed by atoms with Crippen LogP contribution in [0.15, 0.2) is 34.9 Å². The maximum atomic E-state index is 4.75. The van der Waals surface area contributed by atoms with Gasteiger partial charge in [-0.1, -0.05) is 6.07 Å². The minimum atomic E-state index is 0.815. The van der Waals surface area contributed by atoms with Crippen LogP contribution in [0.3, 0.4) is 0 Å². The molecule has 0 bridgehead atoms. The third kappa shape index (κ3) is 4.77. The number of aromatic nitrogens is 3. The quantitative estimate of drug-likeness (QED) is 0.459. The predicted octanol–water partition coefficient (Wildman–Crippen LogP) is 4.73. The molecule has 3 rings (SSSR count). The van der Waals surface area contributed by atoms with Crippen molar-refractivity contribution in [3.8, 4) is 11.4 Å². The van der Waals surface area contributed by atoms with Crippen molar-refractivity contribution in [1.29, 1.82) is 0 Å². The van der Waals surface area contributed by atoms with E-state index in [0.29, 0.717) is 0 Å². The second-order valence-corrected chi connectivity index (χ2v) is 7.67. The molecule has 1 aromatic carbocycles. The Morgan fingerprint density at radius 3 is 2.59 bits per heavy atom. The highest BCUT2D eigenvalue weighted by Crippen LogP contribution is 2.27. The number of hydrogen-bond donors (Lipinski definition) is 0. The molecule has 27 heavy (non-hydrogen) atoms. The van der Waals surface area contributed by atoms with Gasteiger partial charge in [0.2, 0.25) is 0 Å². The van der Waals surface area contributed by atoms with E-state index in [9.17, 15) is 0 Å². The van der Waals surface area contributed by atoms with Crippen molar-refractivity contribution < 1.29 is 0 Å². The van der Waals surface area contributed by atoms with Gasteiger partial charge in [-0.15, -0.1) is 11.3 Å². The third-order valence-electron chi connectivity index (χ3n) is 4.48. The molecule has 0 aliphatic rings. The lowest BCUT2D eigenvalue weighted by atomic mass is 10.0. The summed E-state index contributed by atoms with van der Waals surface area (Å²) in [6.07, 6.45) is 6.26. The molecule has 0 atom stereocenters. The van der Waals surface area contributed by atoms with E-state index in [0.717, 1.165) is 40.7 Å². The zero-order valence-corrected chi connectivity index (χ0v) is 17.3. The lowest BCUT2D eigenvalue weighted by molar-refractivity contribution is 0.552. The van der Waals surface area contributed by atoms with Crippen molar-refractivity contribution in [3.05, 3.63) is 57.3 Å². The van der Waals surface area contributed by atoms with Crippen molar-refractivity contribution in [2.24, 2.45) is 4.99 Å². The molecule has 0 unspecified atom stereocenters. The van der Waals surface area contributed by atoms with E-state index in [2.05, 4.69) is 58.1 Å². The maximum absolute atomic E-state index is 4.75. The van der Waals surface area contributed by atoms with Crippen molar-refractivity contribution in [3.63, 3.8) is 0 Å². The molecule has 2 heterocycles. The molecule has 0 N–H and O–H groups in total. The maximum Gasteiger partial charge on any atom is 0.108 e. The number of aliphatic imine (C=N–C) groups is 1. The largest absolute Gasteiger partial charge is 0.366 e. The standard InChI is InChI=1S/C21H25N5S/c1-6-26(5)13-24-18-8-14(2)17(7-15(18)3)9-21-25-20(12-27-21)19-11-22-16(4)10-23-19/h7-8,10-13H,6,9H2,1-5H3/b24-13+. The Morgan fingerprint density at radius 1 is 1.07 bits per heavy atom. The monoisotopic (exact) mass is 379 g/mol. The van der Waals surface area contributed by atoms with E-state index in [1.165, 1.54) is 16.7 Å². The second kappa shape index (κ2) is 8.39. The zero-order valence-electron chi connectivity index (χ0n) is 16.5. The highest BCUT2D eigenvalue weighted by atomic mass is 32.1. The van der Waals surface area contributed by atoms with Crippen LogP contribution in [0.1, 0.15) is 34.3 Å². The van der Waals surface area contributed by atoms with Gasteiger partial charge in [-0.05, 0) is 50.5 Å². The molecule has 6 heteroatoms. The number of hydrogen-bond acceptors (Lipinski definition) is 5. The number of aryl methyl sites for hydroxylation is 3. The summed E-state index contributed by atoms with van der Waals surface area (Å²) in [6, 6.07) is 4.38. The molecule has 5 nitrogen and oxygen atoms in total. The molecule has 0 fully saturated rings. The topological polar surface area (TPSA) is 54.3 Å². The van der Waals surface area contributed by atoms with Crippen LogP contribution in [-0.4, -0.2) is 39.8 Å². The summed E-state index contributed by atoms with van der Waals surface area (Å²) in [5.41, 5.74) is 7.34. The van der Waals surface area contributed by atoms with Gasteiger partial charge in [0.15, 0.2) is 0 Å². The Morgan fingerprint density at radius 2 is 1.89 bits per heavy atom. The molecule has 0 saturated carbocycles. The molecular formula is C21H25N5S. The summed E-state index contributed by atoms with van der Waals surface area (Å²) in [7, 11) is 2.03. The van der Waals surface area contributed by atoms with Gasteiger partial charge in [-0.3, -0.25) is 9.97 Å². The van der Waals surface area contributed by atoms with E-state index in [1.807, 2.05) is 20.3 Å². The molecular weight excluding hydrogens is 354 g/mol. The fourth-order valence-corrected chi connectivity index (χ4v) is 3.44. The van der Waals surface area contributed by atoms with Gasteiger partial charge in [0, 0.05) is 31.6 Å². The van der Waals surface area contributed by atoms with Gasteiger partial charge in [-0.2, -0.15) is 0 Å². The number of rotatable bonds is 6. The van der Waals surface area contributed by atoms with Gasteiger partial charge >= 0.3 is 0 Å². The Labute approximate surface area is 164 Å². The average molecular weight is 380 g/mol. The van der Waals surface area contributed by atoms with Crippen molar-refractivity contribution in [2.45, 2.75) is 34.1 Å². The predicted molar refractivity (Wildman–Crippen MR) is 113 cm³/mol. The number of nitrogens with zero attached hydrogens (tertiary/aromatic N) is 5. The molecule has 0 aliphatic carbocycles. The Balaban J connectivity index is 1.79. The van der Waals surface area contributed by atoms with Gasteiger partial charge in [0.1, 0.15) is 11.4 Å². The molecule has 0 saturated heterocycles. The molecule has 0 aliphatic heterocycles. The summed E-state index contributed by atoms with van der Waals surface area (Å²) in [6.45, 7) is 9.23. The van der Waals surface area contributed by atoms with Gasteiger partial charge < -0.3 is 4.90 Å². The van der Waals surface area contributed by atoms with Gasteiger partial charge in [0.25, 0.3) is 0 Å². The summed E-state index contributed by atoms with van der Waals surface area (Å²) < 4.78 is 0. The first kappa shape index (κ1) is 19.2. The van der Waals surface area contributed by atoms with Crippen LogP contribution in [0, 0.1) is 20.8 Å². The molecule has 0 amide bonds. The fourth-order valence-electron chi connectivity index (χ4n) is 2.63. The Bertz CT molecular complexity index is 944. The number of thiazole rings is 1. The number of benzene rings is 1. The Hall–Kier alpha value is -2.60. The van der Waals surface area contributed by atoms with Crippen LogP contribution < -0.4 is 0 Å². The normalized spacial score (nSPS) is 11.3. The summed E-state index contributed by atoms with van der Waals surface area (Å²) in [4.78, 5) is 20.1. The van der Waals surface area contributed by atoms with Gasteiger partial charge in [0.05, 0.1) is 28.9 Å². The van der Waals surface area contributed by atoms with Crippen LogP contribution in [0.4, 0.5) is 5.69 Å². The molecule has 0 radical (unpaired) electrons. The van der Waals surface area contributed by atoms with Crippen molar-refractivity contribution in [2.75, 3.05) is 13.6 Å². The van der Waals surface area contributed by atoms with Crippen LogP contribution in [0.25, 0.3) is 11.4 Å². The molecule has 0 spiro atoms. The summed E-state index contributed by atoms with van der Waals surface area (Å²) >= 11 is 1.66. The smallest absolute Gasteiger partial charge is 0.108 e. The van der Waals surface area contributed by atoms with Crippen molar-refractivity contribution in [1.82, 2.24) is 19.9 Å². The Kier molecular flexibility index (Phi) is 5.96. The van der Waals surface area contributed by atoms with Crippen LogP contribution in [0.5, 0.6) is 0 Å². The molecule has 3 aromatic rings. The third-order valence-corrected chi connectivity index (χ3v) is 5.33. The first-order valence-electron chi connectivity index (χ1n) is 9.04. The van der Waals surface area contributed by atoms with E-state index in [1.54, 1.807) is 23.7 Å². The van der Waals surface area contributed by atoms with Crippen LogP contribution >= 0.6 is 11.3 Å². The summed E-state index contributed by atoms with van der Waals surface area (Å²) in [5.74, 6) is 0. The first-order valence-corrected chi connectivity index (χ1v) is 9.92. The van der Waals surface area contributed by atoms with Gasteiger partial charge in [-0.25, -0.2) is 9.98 Å². The highest BCUT2D eigenvalue weighted by Gasteiger charge is 2.10. The SMILES string of the molecule is CCN(C)/C=N/c1cc(C)c(Cc2nc(-c3cnc(C)cn3)cs2)cc1C. The van der Waals surface area contributed by atoms with E-state index in [4.69, 9.17) is 4.98 Å². The zero-order chi connectivity index (χ0) is 19.4. The lowest BCUT2D eigenvalue weighted by Crippen LogP contribution is -2.14. The minimum Gasteiger partial charge on any atom is -0.366 e. The highest BCUT2D eigenvalue weighted by molar-refractivity contribution is 7.10. The van der Waals surface area contributed by atoms with Crippen LogP contribution in [0.2, 0.25) is 0 Å².